The predicted molar refractivity (Wildman–Crippen MR) is 76.4 cm³/mol. The van der Waals surface area contributed by atoms with Gasteiger partial charge in [-0.1, -0.05) is 26.8 Å². The van der Waals surface area contributed by atoms with Crippen LogP contribution in [0.4, 0.5) is 0 Å². The van der Waals surface area contributed by atoms with E-state index in [4.69, 9.17) is 4.79 Å². The number of piperidine rings is 1. The lowest BCUT2D eigenvalue weighted by Crippen LogP contribution is -2.33. The molecule has 0 radical (unpaired) electrons. The van der Waals surface area contributed by atoms with Crippen LogP contribution in [0.25, 0.3) is 0 Å². The van der Waals surface area contributed by atoms with E-state index in [0.717, 1.165) is 12.5 Å². The Balaban J connectivity index is 0.000000659. The van der Waals surface area contributed by atoms with Gasteiger partial charge in [-0.25, -0.2) is 0 Å². The summed E-state index contributed by atoms with van der Waals surface area (Å²) in [4.78, 5) is 14.9. The summed E-state index contributed by atoms with van der Waals surface area (Å²) in [6, 6.07) is 6.15. The van der Waals surface area contributed by atoms with Gasteiger partial charge in [-0.15, -0.1) is 0 Å². The highest BCUT2D eigenvalue weighted by molar-refractivity contribution is 5.11. The Kier molecular flexibility index (Phi) is 10.2. The fourth-order valence-electron chi connectivity index (χ4n) is 2.15. The van der Waals surface area contributed by atoms with Gasteiger partial charge in [-0.05, 0) is 37.4 Å². The zero-order valence-corrected chi connectivity index (χ0v) is 11.9. The first-order valence-corrected chi connectivity index (χ1v) is 6.76. The molecule has 1 unspecified atom stereocenters. The van der Waals surface area contributed by atoms with E-state index in [9.17, 15) is 0 Å². The van der Waals surface area contributed by atoms with E-state index in [1.807, 2.05) is 32.9 Å². The number of nitrogens with zero attached hydrogens (tertiary/aromatic N) is 2. The largest absolute Gasteiger partial charge is 0.307 e. The third-order valence-corrected chi connectivity index (χ3v) is 2.85. The van der Waals surface area contributed by atoms with E-state index < -0.39 is 0 Å². The number of likely N-dealkylation sites (tertiary alicyclic amines) is 1. The van der Waals surface area contributed by atoms with Gasteiger partial charge in [0.05, 0.1) is 5.69 Å². The lowest BCUT2D eigenvalue weighted by atomic mass is 10.0. The zero-order valence-electron chi connectivity index (χ0n) is 11.9. The van der Waals surface area contributed by atoms with Gasteiger partial charge in [0.25, 0.3) is 0 Å². The van der Waals surface area contributed by atoms with E-state index >= 15 is 0 Å². The Hall–Kier alpha value is -1.22. The van der Waals surface area contributed by atoms with Gasteiger partial charge in [0.15, 0.2) is 0 Å². The Morgan fingerprint density at radius 2 is 2.11 bits per heavy atom. The molecule has 3 nitrogen and oxygen atoms in total. The van der Waals surface area contributed by atoms with Gasteiger partial charge >= 0.3 is 0 Å². The van der Waals surface area contributed by atoms with Crippen LogP contribution in [-0.2, 0) is 11.3 Å². The van der Waals surface area contributed by atoms with Gasteiger partial charge in [-0.3, -0.25) is 9.88 Å². The van der Waals surface area contributed by atoms with Crippen LogP contribution < -0.4 is 0 Å². The minimum Gasteiger partial charge on any atom is -0.307 e. The molecule has 1 aromatic heterocycles. The van der Waals surface area contributed by atoms with E-state index in [1.54, 1.807) is 0 Å². The summed E-state index contributed by atoms with van der Waals surface area (Å²) < 4.78 is 0. The summed E-state index contributed by atoms with van der Waals surface area (Å²) in [5.74, 6) is 0.854. The van der Waals surface area contributed by atoms with Crippen molar-refractivity contribution >= 4 is 6.79 Å². The standard InChI is InChI=1S/C12H18N2.C2H6.CH2O/c1-11-5-4-8-14(9-11)10-12-6-2-3-7-13-12;2*1-2/h2-3,6-7,11H,4-5,8-10H2,1H3;1-2H3;1H2. The van der Waals surface area contributed by atoms with Crippen LogP contribution in [0.2, 0.25) is 0 Å². The van der Waals surface area contributed by atoms with E-state index in [-0.39, 0.29) is 0 Å². The molecule has 0 aliphatic carbocycles. The Morgan fingerprint density at radius 3 is 2.67 bits per heavy atom. The highest BCUT2D eigenvalue weighted by Crippen LogP contribution is 2.16. The van der Waals surface area contributed by atoms with Crippen LogP contribution >= 0.6 is 0 Å². The smallest absolute Gasteiger partial charge is 0.106 e. The topological polar surface area (TPSA) is 33.2 Å². The average molecular weight is 250 g/mol. The number of aromatic nitrogens is 1. The summed E-state index contributed by atoms with van der Waals surface area (Å²) in [5, 5.41) is 0. The molecule has 1 aliphatic rings. The predicted octanol–water partition coefficient (Wildman–Crippen LogP) is 3.15. The van der Waals surface area contributed by atoms with Gasteiger partial charge in [0.1, 0.15) is 6.79 Å². The molecular weight excluding hydrogens is 224 g/mol. The number of carbonyl (C=O) groups is 1. The molecule has 0 aromatic carbocycles. The van der Waals surface area contributed by atoms with Gasteiger partial charge in [0, 0.05) is 19.3 Å². The molecular formula is C15H26N2O. The monoisotopic (exact) mass is 250 g/mol. The minimum absolute atomic E-state index is 0.854. The summed E-state index contributed by atoms with van der Waals surface area (Å²) in [5.41, 5.74) is 1.20. The minimum atomic E-state index is 0.854. The fourth-order valence-corrected chi connectivity index (χ4v) is 2.15. The summed E-state index contributed by atoms with van der Waals surface area (Å²) in [6.07, 6.45) is 4.61. The molecule has 1 aliphatic heterocycles. The van der Waals surface area contributed by atoms with Crippen LogP contribution in [0.15, 0.2) is 24.4 Å². The molecule has 1 aromatic rings. The molecule has 0 saturated carbocycles. The maximum Gasteiger partial charge on any atom is 0.106 e. The molecule has 2 rings (SSSR count). The van der Waals surface area contributed by atoms with Gasteiger partial charge < -0.3 is 4.79 Å². The highest BCUT2D eigenvalue weighted by Gasteiger charge is 2.16. The number of pyridine rings is 1. The van der Waals surface area contributed by atoms with Crippen molar-refractivity contribution in [2.75, 3.05) is 13.1 Å². The van der Waals surface area contributed by atoms with E-state index in [2.05, 4.69) is 28.9 Å². The summed E-state index contributed by atoms with van der Waals surface area (Å²) in [6.45, 7) is 11.8. The van der Waals surface area contributed by atoms with Crippen molar-refractivity contribution < 1.29 is 4.79 Å². The van der Waals surface area contributed by atoms with E-state index in [0.29, 0.717) is 0 Å². The first-order chi connectivity index (χ1) is 8.84. The zero-order chi connectivity index (χ0) is 13.8. The molecule has 1 fully saturated rings. The Morgan fingerprint density at radius 1 is 1.39 bits per heavy atom. The maximum atomic E-state index is 8.00. The van der Waals surface area contributed by atoms with Gasteiger partial charge in [0.2, 0.25) is 0 Å². The lowest BCUT2D eigenvalue weighted by Gasteiger charge is -2.30. The van der Waals surface area contributed by atoms with Crippen molar-refractivity contribution in [2.24, 2.45) is 5.92 Å². The Bertz CT molecular complexity index is 290. The molecule has 0 bridgehead atoms. The summed E-state index contributed by atoms with van der Waals surface area (Å²) >= 11 is 0. The van der Waals surface area contributed by atoms with Crippen LogP contribution in [-0.4, -0.2) is 29.8 Å². The van der Waals surface area contributed by atoms with Crippen molar-refractivity contribution in [1.29, 1.82) is 0 Å². The fraction of sp³-hybridized carbons (Fsp3) is 0.600. The number of hydrogen-bond donors (Lipinski definition) is 0. The van der Waals surface area contributed by atoms with Crippen molar-refractivity contribution in [3.63, 3.8) is 0 Å². The van der Waals surface area contributed by atoms with Crippen molar-refractivity contribution in [1.82, 2.24) is 9.88 Å². The quantitative estimate of drug-likeness (QED) is 0.808. The molecule has 18 heavy (non-hydrogen) atoms. The number of rotatable bonds is 2. The molecule has 3 heteroatoms. The lowest BCUT2D eigenvalue weighted by molar-refractivity contribution is -0.0979. The third kappa shape index (κ3) is 6.50. The molecule has 2 heterocycles. The number of carbonyl (C=O) groups excluding carboxylic acids is 1. The first-order valence-electron chi connectivity index (χ1n) is 6.76. The molecule has 1 atom stereocenters. The van der Waals surface area contributed by atoms with Crippen molar-refractivity contribution in [3.05, 3.63) is 30.1 Å². The SMILES string of the molecule is C=O.CC.CC1CCCN(Cc2ccccn2)C1. The highest BCUT2D eigenvalue weighted by atomic mass is 16.1. The second-order valence-corrected chi connectivity index (χ2v) is 4.30. The van der Waals surface area contributed by atoms with Gasteiger partial charge in [-0.2, -0.15) is 0 Å². The molecule has 1 saturated heterocycles. The average Bonchev–Trinajstić information content (AvgIpc) is 2.44. The molecule has 0 spiro atoms. The molecule has 0 N–H and O–H groups in total. The molecule has 0 amide bonds. The Labute approximate surface area is 111 Å². The van der Waals surface area contributed by atoms with Crippen molar-refractivity contribution in [2.45, 2.75) is 40.2 Å². The van der Waals surface area contributed by atoms with E-state index in [1.165, 1.54) is 31.6 Å². The van der Waals surface area contributed by atoms with Crippen LogP contribution in [0.1, 0.15) is 39.3 Å². The number of hydrogen-bond acceptors (Lipinski definition) is 3. The van der Waals surface area contributed by atoms with Crippen LogP contribution in [0.3, 0.4) is 0 Å². The normalized spacial score (nSPS) is 18.9. The second kappa shape index (κ2) is 10.9. The van der Waals surface area contributed by atoms with Crippen molar-refractivity contribution in [3.8, 4) is 0 Å². The second-order valence-electron chi connectivity index (χ2n) is 4.30. The summed E-state index contributed by atoms with van der Waals surface area (Å²) in [7, 11) is 0. The third-order valence-electron chi connectivity index (χ3n) is 2.85. The van der Waals surface area contributed by atoms with Crippen LogP contribution in [0.5, 0.6) is 0 Å². The molecule has 102 valence electrons. The first kappa shape index (κ1) is 16.8. The maximum absolute atomic E-state index is 8.00. The van der Waals surface area contributed by atoms with Crippen LogP contribution in [0, 0.1) is 5.92 Å².